The van der Waals surface area contributed by atoms with E-state index in [0.29, 0.717) is 29.4 Å². The molecule has 0 atom stereocenters. The predicted octanol–water partition coefficient (Wildman–Crippen LogP) is 4.28. The Morgan fingerprint density at radius 1 is 1.19 bits per heavy atom. The van der Waals surface area contributed by atoms with Crippen molar-refractivity contribution in [2.45, 2.75) is 66.3 Å². The number of nitrogens with zero attached hydrogens (tertiary/aromatic N) is 2. The second-order valence-corrected chi connectivity index (χ2v) is 7.84. The Balaban J connectivity index is 2.03. The summed E-state index contributed by atoms with van der Waals surface area (Å²) in [6.45, 7) is 12.2. The average Bonchev–Trinajstić information content (AvgIpc) is 2.33. The Bertz CT molecular complexity index is 455. The van der Waals surface area contributed by atoms with Gasteiger partial charge in [-0.3, -0.25) is 0 Å². The monoisotopic (exact) mass is 291 g/mol. The number of rotatable bonds is 5. The van der Waals surface area contributed by atoms with Gasteiger partial charge in [-0.1, -0.05) is 34.6 Å². The highest BCUT2D eigenvalue weighted by Crippen LogP contribution is 2.46. The molecule has 1 fully saturated rings. The first kappa shape index (κ1) is 16.1. The molecular formula is C17H29N3O. The molecule has 0 spiro atoms. The van der Waals surface area contributed by atoms with Gasteiger partial charge in [0.05, 0.1) is 6.61 Å². The minimum absolute atomic E-state index is 0.369. The van der Waals surface area contributed by atoms with Crippen LogP contribution >= 0.6 is 0 Å². The van der Waals surface area contributed by atoms with Crippen molar-refractivity contribution >= 4 is 5.82 Å². The van der Waals surface area contributed by atoms with Gasteiger partial charge in [0, 0.05) is 12.1 Å². The van der Waals surface area contributed by atoms with Gasteiger partial charge < -0.3 is 10.1 Å². The van der Waals surface area contributed by atoms with Crippen LogP contribution in [0, 0.1) is 10.8 Å². The van der Waals surface area contributed by atoms with Gasteiger partial charge in [0.25, 0.3) is 0 Å². The maximum Gasteiger partial charge on any atom is 0.218 e. The van der Waals surface area contributed by atoms with Crippen LogP contribution in [0.5, 0.6) is 5.88 Å². The number of nitrogens with one attached hydrogen (secondary N) is 1. The molecule has 0 saturated heterocycles. The van der Waals surface area contributed by atoms with Gasteiger partial charge in [0.2, 0.25) is 5.88 Å². The topological polar surface area (TPSA) is 47.0 Å². The molecule has 21 heavy (non-hydrogen) atoms. The number of hydrogen-bond donors (Lipinski definition) is 1. The van der Waals surface area contributed by atoms with E-state index in [-0.39, 0.29) is 0 Å². The summed E-state index contributed by atoms with van der Waals surface area (Å²) in [6, 6.07) is 2.36. The Kier molecular flexibility index (Phi) is 4.74. The molecule has 0 amide bonds. The predicted molar refractivity (Wildman–Crippen MR) is 86.6 cm³/mol. The average molecular weight is 291 g/mol. The lowest BCUT2D eigenvalue weighted by Gasteiger charge is -2.45. The first-order chi connectivity index (χ1) is 9.80. The van der Waals surface area contributed by atoms with Gasteiger partial charge in [-0.25, -0.2) is 9.97 Å². The second-order valence-electron chi connectivity index (χ2n) is 7.84. The summed E-state index contributed by atoms with van der Waals surface area (Å²) >= 11 is 0. The van der Waals surface area contributed by atoms with Crippen LogP contribution in [0.3, 0.4) is 0 Å². The molecule has 0 bridgehead atoms. The maximum atomic E-state index is 5.58. The van der Waals surface area contributed by atoms with Crippen molar-refractivity contribution in [3.63, 3.8) is 0 Å². The van der Waals surface area contributed by atoms with Crippen molar-refractivity contribution in [3.8, 4) is 5.88 Å². The molecule has 1 aromatic heterocycles. The molecule has 0 aliphatic heterocycles. The Morgan fingerprint density at radius 3 is 2.48 bits per heavy atom. The molecular weight excluding hydrogens is 262 g/mol. The molecule has 1 N–H and O–H groups in total. The van der Waals surface area contributed by atoms with E-state index >= 15 is 0 Å². The highest BCUT2D eigenvalue weighted by Gasteiger charge is 2.38. The fourth-order valence-electron chi connectivity index (χ4n) is 3.86. The molecule has 0 aromatic carbocycles. The van der Waals surface area contributed by atoms with Gasteiger partial charge >= 0.3 is 0 Å². The standard InChI is InChI=1S/C17H29N3O/c1-6-7-21-15-8-14(18-12-19-15)20-13-9-16(2,3)11-17(4,5)10-13/h8,12-13H,6-7,9-11H2,1-5H3,(H,18,19,20). The third kappa shape index (κ3) is 4.87. The Labute approximate surface area is 128 Å². The SMILES string of the molecule is CCCOc1cc(NC2CC(C)(C)CC(C)(C)C2)ncn1. The number of ether oxygens (including phenoxy) is 1. The van der Waals surface area contributed by atoms with Gasteiger partial charge in [-0.05, 0) is 36.5 Å². The van der Waals surface area contributed by atoms with Crippen molar-refractivity contribution in [2.24, 2.45) is 10.8 Å². The van der Waals surface area contributed by atoms with Crippen LogP contribution in [0.1, 0.15) is 60.3 Å². The van der Waals surface area contributed by atoms with E-state index in [2.05, 4.69) is 49.9 Å². The van der Waals surface area contributed by atoms with Gasteiger partial charge in [0.1, 0.15) is 12.1 Å². The van der Waals surface area contributed by atoms with Crippen LogP contribution in [0.25, 0.3) is 0 Å². The number of hydrogen-bond acceptors (Lipinski definition) is 4. The summed E-state index contributed by atoms with van der Waals surface area (Å²) < 4.78 is 5.58. The maximum absolute atomic E-state index is 5.58. The van der Waals surface area contributed by atoms with E-state index in [1.807, 2.05) is 6.07 Å². The van der Waals surface area contributed by atoms with Gasteiger partial charge in [-0.2, -0.15) is 0 Å². The van der Waals surface area contributed by atoms with Crippen LogP contribution in [0.15, 0.2) is 12.4 Å². The van der Waals surface area contributed by atoms with Crippen LogP contribution in [-0.4, -0.2) is 22.6 Å². The van der Waals surface area contributed by atoms with Crippen LogP contribution < -0.4 is 10.1 Å². The third-order valence-electron chi connectivity index (χ3n) is 4.00. The van der Waals surface area contributed by atoms with Crippen LogP contribution in [0.4, 0.5) is 5.82 Å². The lowest BCUT2D eigenvalue weighted by Crippen LogP contribution is -2.40. The zero-order valence-electron chi connectivity index (χ0n) is 14.1. The van der Waals surface area contributed by atoms with Gasteiger partial charge in [-0.15, -0.1) is 0 Å². The van der Waals surface area contributed by atoms with E-state index in [1.165, 1.54) is 19.3 Å². The molecule has 1 aliphatic rings. The van der Waals surface area contributed by atoms with Crippen LogP contribution in [0.2, 0.25) is 0 Å². The smallest absolute Gasteiger partial charge is 0.218 e. The zero-order chi connectivity index (χ0) is 15.5. The molecule has 0 radical (unpaired) electrons. The number of anilines is 1. The van der Waals surface area contributed by atoms with E-state index in [1.54, 1.807) is 6.33 Å². The summed E-state index contributed by atoms with van der Waals surface area (Å²) in [5.41, 5.74) is 0.738. The molecule has 0 unspecified atom stereocenters. The first-order valence-electron chi connectivity index (χ1n) is 8.01. The van der Waals surface area contributed by atoms with E-state index in [0.717, 1.165) is 12.2 Å². The molecule has 4 nitrogen and oxygen atoms in total. The van der Waals surface area contributed by atoms with E-state index < -0.39 is 0 Å². The molecule has 1 aromatic rings. The minimum Gasteiger partial charge on any atom is -0.478 e. The lowest BCUT2D eigenvalue weighted by atomic mass is 9.63. The summed E-state index contributed by atoms with van der Waals surface area (Å²) in [4.78, 5) is 8.49. The quantitative estimate of drug-likeness (QED) is 0.879. The fraction of sp³-hybridized carbons (Fsp3) is 0.765. The fourth-order valence-corrected chi connectivity index (χ4v) is 3.86. The molecule has 118 valence electrons. The lowest BCUT2D eigenvalue weighted by molar-refractivity contribution is 0.105. The Hall–Kier alpha value is -1.32. The van der Waals surface area contributed by atoms with Crippen molar-refractivity contribution in [2.75, 3.05) is 11.9 Å². The van der Waals surface area contributed by atoms with Crippen molar-refractivity contribution in [1.29, 1.82) is 0 Å². The second kappa shape index (κ2) is 6.20. The number of aromatic nitrogens is 2. The van der Waals surface area contributed by atoms with E-state index in [4.69, 9.17) is 4.74 Å². The minimum atomic E-state index is 0.369. The highest BCUT2D eigenvalue weighted by atomic mass is 16.5. The van der Waals surface area contributed by atoms with Crippen molar-refractivity contribution in [1.82, 2.24) is 9.97 Å². The van der Waals surface area contributed by atoms with Crippen molar-refractivity contribution in [3.05, 3.63) is 12.4 Å². The molecule has 1 saturated carbocycles. The summed E-state index contributed by atoms with van der Waals surface area (Å²) in [5.74, 6) is 1.53. The molecule has 4 heteroatoms. The largest absolute Gasteiger partial charge is 0.478 e. The zero-order valence-corrected chi connectivity index (χ0v) is 14.1. The molecule has 2 rings (SSSR count). The normalized spacial score (nSPS) is 21.0. The molecule has 1 heterocycles. The van der Waals surface area contributed by atoms with Crippen molar-refractivity contribution < 1.29 is 4.74 Å². The molecule has 1 aliphatic carbocycles. The van der Waals surface area contributed by atoms with E-state index in [9.17, 15) is 0 Å². The summed E-state index contributed by atoms with van der Waals surface area (Å²) in [6.07, 6.45) is 6.17. The Morgan fingerprint density at radius 2 is 1.86 bits per heavy atom. The first-order valence-corrected chi connectivity index (χ1v) is 8.01. The summed E-state index contributed by atoms with van der Waals surface area (Å²) in [7, 11) is 0. The van der Waals surface area contributed by atoms with Gasteiger partial charge in [0.15, 0.2) is 0 Å². The van der Waals surface area contributed by atoms with Crippen LogP contribution in [-0.2, 0) is 0 Å². The highest BCUT2D eigenvalue weighted by molar-refractivity contribution is 5.38. The summed E-state index contributed by atoms with van der Waals surface area (Å²) in [5, 5.41) is 3.58. The third-order valence-corrected chi connectivity index (χ3v) is 4.00.